The lowest BCUT2D eigenvalue weighted by Gasteiger charge is -2.18. The van der Waals surface area contributed by atoms with Crippen LogP contribution in [-0.2, 0) is 21.2 Å². The van der Waals surface area contributed by atoms with E-state index in [1.165, 1.54) is 12.1 Å². The lowest BCUT2D eigenvalue weighted by molar-refractivity contribution is -0.130. The molecular weight excluding hydrogens is 343 g/mol. The van der Waals surface area contributed by atoms with Crippen molar-refractivity contribution in [3.63, 3.8) is 0 Å². The second-order valence-corrected chi connectivity index (χ2v) is 7.18. The summed E-state index contributed by atoms with van der Waals surface area (Å²) in [6, 6.07) is 11.2. The number of carbonyl (C=O) groups is 1. The van der Waals surface area contributed by atoms with Crippen LogP contribution < -0.4 is 4.72 Å². The number of rotatable bonds is 7. The number of hydrogen-bond acceptors (Lipinski definition) is 3. The van der Waals surface area contributed by atoms with E-state index in [1.807, 2.05) is 13.8 Å². The van der Waals surface area contributed by atoms with Crippen LogP contribution in [0.15, 0.2) is 53.4 Å². The first kappa shape index (κ1) is 18.9. The number of sulfonamides is 1. The van der Waals surface area contributed by atoms with Gasteiger partial charge in [0.1, 0.15) is 5.82 Å². The summed E-state index contributed by atoms with van der Waals surface area (Å²) in [6.45, 7) is 5.17. The van der Waals surface area contributed by atoms with Crippen LogP contribution in [0.2, 0.25) is 0 Å². The minimum Gasteiger partial charge on any atom is -0.343 e. The maximum atomic E-state index is 12.9. The summed E-state index contributed by atoms with van der Waals surface area (Å²) in [4.78, 5) is 13.8. The average Bonchev–Trinajstić information content (AvgIpc) is 2.58. The third-order valence-electron chi connectivity index (χ3n) is 3.80. The fourth-order valence-corrected chi connectivity index (χ4v) is 3.44. The lowest BCUT2D eigenvalue weighted by atomic mass is 10.1. The molecule has 0 fully saturated rings. The van der Waals surface area contributed by atoms with Crippen LogP contribution in [0.3, 0.4) is 0 Å². The Bertz CT molecular complexity index is 814. The lowest BCUT2D eigenvalue weighted by Crippen LogP contribution is -2.31. The summed E-state index contributed by atoms with van der Waals surface area (Å²) in [5, 5.41) is 0. The third kappa shape index (κ3) is 5.03. The molecule has 134 valence electrons. The Hall–Kier alpha value is -2.41. The van der Waals surface area contributed by atoms with Gasteiger partial charge in [-0.15, -0.1) is 0 Å². The summed E-state index contributed by atoms with van der Waals surface area (Å²) in [5.41, 5.74) is 1.19. The molecule has 0 saturated heterocycles. The topological polar surface area (TPSA) is 66.5 Å². The van der Waals surface area contributed by atoms with E-state index >= 15 is 0 Å². The Labute approximate surface area is 147 Å². The van der Waals surface area contributed by atoms with E-state index in [1.54, 1.807) is 29.2 Å². The van der Waals surface area contributed by atoms with Crippen LogP contribution in [0.25, 0.3) is 0 Å². The SMILES string of the molecule is CCN(CC)C(=O)Cc1ccc(NS(=O)(=O)c2ccc(F)cc2)cc1. The molecule has 0 radical (unpaired) electrons. The maximum absolute atomic E-state index is 12.9. The molecule has 0 aromatic heterocycles. The highest BCUT2D eigenvalue weighted by Crippen LogP contribution is 2.17. The molecular formula is C18H21FN2O3S. The number of amides is 1. The Balaban J connectivity index is 2.07. The van der Waals surface area contributed by atoms with Crippen molar-refractivity contribution in [2.75, 3.05) is 17.8 Å². The number of nitrogens with zero attached hydrogens (tertiary/aromatic N) is 1. The quantitative estimate of drug-likeness (QED) is 0.821. The van der Waals surface area contributed by atoms with Gasteiger partial charge in [0.15, 0.2) is 0 Å². The molecule has 0 saturated carbocycles. The van der Waals surface area contributed by atoms with E-state index in [2.05, 4.69) is 4.72 Å². The largest absolute Gasteiger partial charge is 0.343 e. The highest BCUT2D eigenvalue weighted by Gasteiger charge is 2.15. The van der Waals surface area contributed by atoms with E-state index in [9.17, 15) is 17.6 Å². The van der Waals surface area contributed by atoms with Crippen LogP contribution in [0.4, 0.5) is 10.1 Å². The van der Waals surface area contributed by atoms with E-state index in [-0.39, 0.29) is 17.2 Å². The third-order valence-corrected chi connectivity index (χ3v) is 5.20. The standard InChI is InChI=1S/C18H21FN2O3S/c1-3-21(4-2)18(22)13-14-5-9-16(10-6-14)20-25(23,24)17-11-7-15(19)8-12-17/h5-12,20H,3-4,13H2,1-2H3. The predicted molar refractivity (Wildman–Crippen MR) is 95.3 cm³/mol. The molecule has 2 aromatic carbocycles. The predicted octanol–water partition coefficient (Wildman–Crippen LogP) is 3.04. The van der Waals surface area contributed by atoms with Crippen molar-refractivity contribution in [1.29, 1.82) is 0 Å². The van der Waals surface area contributed by atoms with Crippen molar-refractivity contribution in [2.24, 2.45) is 0 Å². The van der Waals surface area contributed by atoms with Crippen molar-refractivity contribution in [1.82, 2.24) is 4.90 Å². The van der Waals surface area contributed by atoms with Crippen LogP contribution >= 0.6 is 0 Å². The zero-order valence-corrected chi connectivity index (χ0v) is 15.0. The Morgan fingerprint density at radius 3 is 2.08 bits per heavy atom. The molecule has 0 aliphatic carbocycles. The van der Waals surface area contributed by atoms with E-state index < -0.39 is 15.8 Å². The highest BCUT2D eigenvalue weighted by molar-refractivity contribution is 7.92. The molecule has 2 rings (SSSR count). The second kappa shape index (κ2) is 8.11. The molecule has 2 aromatic rings. The molecule has 0 bridgehead atoms. The number of anilines is 1. The summed E-state index contributed by atoms with van der Waals surface area (Å²) >= 11 is 0. The first-order chi connectivity index (χ1) is 11.9. The summed E-state index contributed by atoms with van der Waals surface area (Å²) in [6.07, 6.45) is 0.271. The van der Waals surface area contributed by atoms with Crippen LogP contribution in [-0.4, -0.2) is 32.3 Å². The smallest absolute Gasteiger partial charge is 0.261 e. The number of likely N-dealkylation sites (N-methyl/N-ethyl adjacent to an activating group) is 1. The van der Waals surface area contributed by atoms with Crippen LogP contribution in [0.1, 0.15) is 19.4 Å². The number of nitrogens with one attached hydrogen (secondary N) is 1. The van der Waals surface area contributed by atoms with Gasteiger partial charge in [-0.2, -0.15) is 0 Å². The molecule has 1 amide bonds. The minimum atomic E-state index is -3.78. The molecule has 0 aliphatic heterocycles. The monoisotopic (exact) mass is 364 g/mol. The summed E-state index contributed by atoms with van der Waals surface area (Å²) in [5.74, 6) is -0.467. The van der Waals surface area contributed by atoms with Gasteiger partial charge in [-0.1, -0.05) is 12.1 Å². The number of halogens is 1. The van der Waals surface area contributed by atoms with E-state index in [4.69, 9.17) is 0 Å². The maximum Gasteiger partial charge on any atom is 0.261 e. The van der Waals surface area contributed by atoms with Gasteiger partial charge in [-0.05, 0) is 55.8 Å². The van der Waals surface area contributed by atoms with Gasteiger partial charge in [0, 0.05) is 18.8 Å². The molecule has 1 N–H and O–H groups in total. The number of hydrogen-bond donors (Lipinski definition) is 1. The molecule has 0 atom stereocenters. The Morgan fingerprint density at radius 1 is 1.00 bits per heavy atom. The first-order valence-corrected chi connectivity index (χ1v) is 9.49. The Kier molecular flexibility index (Phi) is 6.14. The van der Waals surface area contributed by atoms with Crippen LogP contribution in [0, 0.1) is 5.82 Å². The zero-order chi connectivity index (χ0) is 18.4. The summed E-state index contributed by atoms with van der Waals surface area (Å²) in [7, 11) is -3.78. The molecule has 0 unspecified atom stereocenters. The van der Waals surface area contributed by atoms with Crippen molar-refractivity contribution >= 4 is 21.6 Å². The second-order valence-electron chi connectivity index (χ2n) is 5.50. The van der Waals surface area contributed by atoms with Gasteiger partial charge in [0.2, 0.25) is 5.91 Å². The van der Waals surface area contributed by atoms with Gasteiger partial charge in [0.05, 0.1) is 11.3 Å². The van der Waals surface area contributed by atoms with Crippen LogP contribution in [0.5, 0.6) is 0 Å². The van der Waals surface area contributed by atoms with Crippen molar-refractivity contribution in [2.45, 2.75) is 25.2 Å². The van der Waals surface area contributed by atoms with Crippen molar-refractivity contribution < 1.29 is 17.6 Å². The van der Waals surface area contributed by atoms with E-state index in [0.717, 1.165) is 17.7 Å². The fourth-order valence-electron chi connectivity index (χ4n) is 2.38. The molecule has 0 heterocycles. The highest BCUT2D eigenvalue weighted by atomic mass is 32.2. The van der Waals surface area contributed by atoms with Gasteiger partial charge < -0.3 is 4.90 Å². The summed E-state index contributed by atoms with van der Waals surface area (Å²) < 4.78 is 39.8. The van der Waals surface area contributed by atoms with Gasteiger partial charge in [0.25, 0.3) is 10.0 Å². The molecule has 0 aliphatic rings. The number of benzene rings is 2. The zero-order valence-electron chi connectivity index (χ0n) is 14.2. The van der Waals surface area contributed by atoms with Crippen molar-refractivity contribution in [3.05, 3.63) is 59.9 Å². The van der Waals surface area contributed by atoms with Crippen molar-refractivity contribution in [3.8, 4) is 0 Å². The van der Waals surface area contributed by atoms with Gasteiger partial charge >= 0.3 is 0 Å². The average molecular weight is 364 g/mol. The first-order valence-electron chi connectivity index (χ1n) is 8.00. The molecule has 25 heavy (non-hydrogen) atoms. The normalized spacial score (nSPS) is 11.2. The number of carbonyl (C=O) groups excluding carboxylic acids is 1. The molecule has 7 heteroatoms. The van der Waals surface area contributed by atoms with E-state index in [0.29, 0.717) is 18.8 Å². The molecule has 5 nitrogen and oxygen atoms in total. The van der Waals surface area contributed by atoms with Gasteiger partial charge in [-0.25, -0.2) is 12.8 Å². The Morgan fingerprint density at radius 2 is 1.56 bits per heavy atom. The molecule has 0 spiro atoms. The fraction of sp³-hybridized carbons (Fsp3) is 0.278. The minimum absolute atomic E-state index is 0.0188. The van der Waals surface area contributed by atoms with Gasteiger partial charge in [-0.3, -0.25) is 9.52 Å².